The molecule has 2 aromatic rings. The summed E-state index contributed by atoms with van der Waals surface area (Å²) in [4.78, 5) is 24.8. The number of amides is 2. The van der Waals surface area contributed by atoms with E-state index in [0.29, 0.717) is 19.8 Å². The van der Waals surface area contributed by atoms with Crippen LogP contribution in [0.15, 0.2) is 36.4 Å². The van der Waals surface area contributed by atoms with Crippen LogP contribution >= 0.6 is 0 Å². The normalized spacial score (nSPS) is 21.3. The Morgan fingerprint density at radius 3 is 2.82 bits per heavy atom. The van der Waals surface area contributed by atoms with Crippen LogP contribution in [0, 0.1) is 0 Å². The average molecular weight is 384 g/mol. The third kappa shape index (κ3) is 3.65. The molecule has 148 valence electrons. The number of fused-ring (bicyclic) bond motifs is 1. The lowest BCUT2D eigenvalue weighted by Gasteiger charge is -2.37. The number of carbonyl (C=O) groups excluding carboxylic acids is 2. The average Bonchev–Trinajstić information content (AvgIpc) is 3.10. The first-order chi connectivity index (χ1) is 13.6. The Morgan fingerprint density at radius 2 is 2.07 bits per heavy atom. The lowest BCUT2D eigenvalue weighted by Crippen LogP contribution is -2.44. The molecule has 2 aliphatic rings. The first-order valence-electron chi connectivity index (χ1n) is 9.53. The zero-order chi connectivity index (χ0) is 19.6. The Balaban J connectivity index is 1.51. The van der Waals surface area contributed by atoms with Gasteiger partial charge in [-0.05, 0) is 18.4 Å². The topological polar surface area (TPSA) is 105 Å². The number of aliphatic hydroxyl groups excluding tert-OH is 1. The highest BCUT2D eigenvalue weighted by Gasteiger charge is 2.35. The lowest BCUT2D eigenvalue weighted by atomic mass is 9.74. The largest absolute Gasteiger partial charge is 0.389 e. The summed E-state index contributed by atoms with van der Waals surface area (Å²) in [5.41, 5.74) is 1.46. The molecular formula is C20H24N4O4. The number of β-amino-alcohol motifs (C(OH)–C–C–N with tert-alkyl or cyclic N) is 1. The standard InChI is InChI=1S/C20H24N4O4/c25-15-11-21-19(27)17-10-16(23-24(17)12-15)18(26)22-13-20(6-8-28-9-7-20)14-4-2-1-3-5-14/h1-5,10,15,25H,6-9,11-13H2,(H,21,27)(H,22,26). The van der Waals surface area contributed by atoms with Gasteiger partial charge in [0.2, 0.25) is 0 Å². The molecule has 2 aliphatic heterocycles. The van der Waals surface area contributed by atoms with Crippen LogP contribution in [0.3, 0.4) is 0 Å². The minimum atomic E-state index is -0.732. The van der Waals surface area contributed by atoms with Gasteiger partial charge in [-0.2, -0.15) is 5.10 Å². The van der Waals surface area contributed by atoms with Crippen LogP contribution in [0.2, 0.25) is 0 Å². The molecule has 1 fully saturated rings. The Hall–Kier alpha value is -2.71. The predicted octanol–water partition coefficient (Wildman–Crippen LogP) is 0.466. The van der Waals surface area contributed by atoms with E-state index in [1.54, 1.807) is 0 Å². The van der Waals surface area contributed by atoms with Crippen molar-refractivity contribution in [3.05, 3.63) is 53.3 Å². The van der Waals surface area contributed by atoms with Crippen molar-refractivity contribution in [2.45, 2.75) is 30.9 Å². The molecule has 0 radical (unpaired) electrons. The third-order valence-corrected chi connectivity index (χ3v) is 5.55. The molecule has 1 aromatic carbocycles. The monoisotopic (exact) mass is 384 g/mol. The minimum absolute atomic E-state index is 0.172. The van der Waals surface area contributed by atoms with Gasteiger partial charge >= 0.3 is 0 Å². The quantitative estimate of drug-likeness (QED) is 0.711. The third-order valence-electron chi connectivity index (χ3n) is 5.55. The van der Waals surface area contributed by atoms with Gasteiger partial charge in [0.05, 0.1) is 12.6 Å². The Bertz CT molecular complexity index is 858. The first kappa shape index (κ1) is 18.6. The maximum atomic E-state index is 12.7. The molecule has 0 saturated carbocycles. The molecule has 3 N–H and O–H groups in total. The van der Waals surface area contributed by atoms with E-state index in [4.69, 9.17) is 4.74 Å². The van der Waals surface area contributed by atoms with Gasteiger partial charge in [-0.3, -0.25) is 14.3 Å². The molecule has 3 heterocycles. The first-order valence-corrected chi connectivity index (χ1v) is 9.53. The fraction of sp³-hybridized carbons (Fsp3) is 0.450. The van der Waals surface area contributed by atoms with Gasteiger partial charge in [0, 0.05) is 37.8 Å². The molecule has 8 nitrogen and oxygen atoms in total. The SMILES string of the molecule is O=C(NCC1(c2ccccc2)CCOCC1)c1cc2n(n1)CC(O)CNC2=O. The van der Waals surface area contributed by atoms with Crippen molar-refractivity contribution in [1.82, 2.24) is 20.4 Å². The van der Waals surface area contributed by atoms with Crippen molar-refractivity contribution in [3.63, 3.8) is 0 Å². The number of benzene rings is 1. The van der Waals surface area contributed by atoms with Gasteiger partial charge in [-0.15, -0.1) is 0 Å². The number of nitrogens with one attached hydrogen (secondary N) is 2. The second-order valence-electron chi connectivity index (χ2n) is 7.40. The second kappa shape index (κ2) is 7.73. The Kier molecular flexibility index (Phi) is 5.15. The summed E-state index contributed by atoms with van der Waals surface area (Å²) < 4.78 is 6.92. The smallest absolute Gasteiger partial charge is 0.271 e. The van der Waals surface area contributed by atoms with Crippen molar-refractivity contribution < 1.29 is 19.4 Å². The van der Waals surface area contributed by atoms with E-state index in [-0.39, 0.29) is 41.7 Å². The van der Waals surface area contributed by atoms with E-state index in [9.17, 15) is 14.7 Å². The summed E-state index contributed by atoms with van der Waals surface area (Å²) in [7, 11) is 0. The fourth-order valence-electron chi connectivity index (χ4n) is 3.88. The number of aliphatic hydroxyl groups is 1. The van der Waals surface area contributed by atoms with Gasteiger partial charge in [-0.25, -0.2) is 0 Å². The number of aromatic nitrogens is 2. The summed E-state index contributed by atoms with van der Waals surface area (Å²) in [5.74, 6) is -0.669. The van der Waals surface area contributed by atoms with Crippen molar-refractivity contribution in [2.75, 3.05) is 26.3 Å². The van der Waals surface area contributed by atoms with Crippen LogP contribution in [-0.4, -0.2) is 59.1 Å². The molecule has 1 saturated heterocycles. The van der Waals surface area contributed by atoms with E-state index in [0.717, 1.165) is 12.8 Å². The highest BCUT2D eigenvalue weighted by Crippen LogP contribution is 2.34. The number of hydrogen-bond acceptors (Lipinski definition) is 5. The molecule has 0 spiro atoms. The summed E-state index contributed by atoms with van der Waals surface area (Å²) in [6.45, 7) is 2.12. The summed E-state index contributed by atoms with van der Waals surface area (Å²) in [5, 5.41) is 19.7. The summed E-state index contributed by atoms with van der Waals surface area (Å²) in [6.07, 6.45) is 0.918. The molecule has 1 aromatic heterocycles. The van der Waals surface area contributed by atoms with Crippen LogP contribution in [0.4, 0.5) is 0 Å². The van der Waals surface area contributed by atoms with Crippen LogP contribution in [0.25, 0.3) is 0 Å². The molecule has 1 unspecified atom stereocenters. The van der Waals surface area contributed by atoms with Gasteiger partial charge in [0.25, 0.3) is 11.8 Å². The molecular weight excluding hydrogens is 360 g/mol. The zero-order valence-electron chi connectivity index (χ0n) is 15.6. The van der Waals surface area contributed by atoms with Gasteiger partial charge in [-0.1, -0.05) is 30.3 Å². The lowest BCUT2D eigenvalue weighted by molar-refractivity contribution is 0.0486. The van der Waals surface area contributed by atoms with Crippen LogP contribution in [-0.2, 0) is 16.7 Å². The predicted molar refractivity (Wildman–Crippen MR) is 101 cm³/mol. The van der Waals surface area contributed by atoms with Crippen molar-refractivity contribution in [2.24, 2.45) is 0 Å². The molecule has 8 heteroatoms. The van der Waals surface area contributed by atoms with Crippen LogP contribution in [0.1, 0.15) is 39.4 Å². The summed E-state index contributed by atoms with van der Waals surface area (Å²) in [6, 6.07) is 11.6. The van der Waals surface area contributed by atoms with Crippen LogP contribution in [0.5, 0.6) is 0 Å². The fourth-order valence-corrected chi connectivity index (χ4v) is 3.88. The Morgan fingerprint density at radius 1 is 1.32 bits per heavy atom. The molecule has 1 atom stereocenters. The number of hydrogen-bond donors (Lipinski definition) is 3. The molecule has 2 amide bonds. The maximum Gasteiger partial charge on any atom is 0.271 e. The van der Waals surface area contributed by atoms with Crippen molar-refractivity contribution >= 4 is 11.8 Å². The molecule has 4 rings (SSSR count). The maximum absolute atomic E-state index is 12.7. The van der Waals surface area contributed by atoms with E-state index >= 15 is 0 Å². The van der Waals surface area contributed by atoms with Crippen LogP contribution < -0.4 is 10.6 Å². The van der Waals surface area contributed by atoms with E-state index in [1.807, 2.05) is 18.2 Å². The zero-order valence-corrected chi connectivity index (χ0v) is 15.6. The molecule has 0 aliphatic carbocycles. The van der Waals surface area contributed by atoms with E-state index < -0.39 is 6.10 Å². The van der Waals surface area contributed by atoms with E-state index in [2.05, 4.69) is 27.9 Å². The summed E-state index contributed by atoms with van der Waals surface area (Å²) >= 11 is 0. The van der Waals surface area contributed by atoms with Gasteiger partial charge in [0.15, 0.2) is 5.69 Å². The second-order valence-corrected chi connectivity index (χ2v) is 7.40. The minimum Gasteiger partial charge on any atom is -0.389 e. The number of carbonyl (C=O) groups is 2. The van der Waals surface area contributed by atoms with Gasteiger partial charge < -0.3 is 20.5 Å². The van der Waals surface area contributed by atoms with Crippen molar-refractivity contribution in [3.8, 4) is 0 Å². The number of ether oxygens (including phenoxy) is 1. The Labute approximate surface area is 162 Å². The van der Waals surface area contributed by atoms with Crippen molar-refractivity contribution in [1.29, 1.82) is 0 Å². The highest BCUT2D eigenvalue weighted by atomic mass is 16.5. The molecule has 0 bridgehead atoms. The number of rotatable bonds is 4. The highest BCUT2D eigenvalue weighted by molar-refractivity contribution is 5.98. The number of nitrogens with zero attached hydrogens (tertiary/aromatic N) is 2. The van der Waals surface area contributed by atoms with E-state index in [1.165, 1.54) is 16.3 Å². The molecule has 28 heavy (non-hydrogen) atoms. The van der Waals surface area contributed by atoms with Gasteiger partial charge in [0.1, 0.15) is 5.69 Å².